The molecule has 0 aliphatic carbocycles. The number of nitro benzene ring substituents is 1. The number of halogens is 1. The van der Waals surface area contributed by atoms with Crippen molar-refractivity contribution in [3.63, 3.8) is 0 Å². The van der Waals surface area contributed by atoms with Crippen LogP contribution in [-0.4, -0.2) is 23.9 Å². The van der Waals surface area contributed by atoms with Crippen LogP contribution < -0.4 is 11.1 Å². The molecule has 6 nitrogen and oxygen atoms in total. The van der Waals surface area contributed by atoms with Gasteiger partial charge in [0.05, 0.1) is 16.5 Å². The van der Waals surface area contributed by atoms with Gasteiger partial charge in [0, 0.05) is 12.1 Å². The molecule has 1 rings (SSSR count). The molecule has 0 saturated carbocycles. The van der Waals surface area contributed by atoms with Crippen molar-refractivity contribution < 1.29 is 9.72 Å². The molecular formula is C11H14ClN3O3. The first-order valence-electron chi connectivity index (χ1n) is 5.42. The van der Waals surface area contributed by atoms with Gasteiger partial charge in [0.15, 0.2) is 0 Å². The van der Waals surface area contributed by atoms with Crippen LogP contribution in [0, 0.1) is 10.1 Å². The number of amides is 1. The topological polar surface area (TPSA) is 98.3 Å². The fourth-order valence-electron chi connectivity index (χ4n) is 1.47. The fourth-order valence-corrected chi connectivity index (χ4v) is 1.74. The molecule has 7 heteroatoms. The zero-order chi connectivity index (χ0) is 13.5. The van der Waals surface area contributed by atoms with E-state index in [0.717, 1.165) is 12.0 Å². The quantitative estimate of drug-likeness (QED) is 0.443. The van der Waals surface area contributed by atoms with Crippen molar-refractivity contribution in [2.45, 2.75) is 12.8 Å². The lowest BCUT2D eigenvalue weighted by molar-refractivity contribution is -0.384. The highest BCUT2D eigenvalue weighted by molar-refractivity contribution is 6.31. The van der Waals surface area contributed by atoms with E-state index in [2.05, 4.69) is 5.32 Å². The molecular weight excluding hydrogens is 258 g/mol. The Morgan fingerprint density at radius 3 is 2.78 bits per heavy atom. The molecule has 1 amide bonds. The second-order valence-corrected chi connectivity index (χ2v) is 4.19. The summed E-state index contributed by atoms with van der Waals surface area (Å²) < 4.78 is 0. The van der Waals surface area contributed by atoms with Crippen molar-refractivity contribution in [2.24, 2.45) is 5.73 Å². The summed E-state index contributed by atoms with van der Waals surface area (Å²) in [5, 5.41) is 13.8. The average molecular weight is 272 g/mol. The van der Waals surface area contributed by atoms with Crippen LogP contribution in [0.15, 0.2) is 18.2 Å². The number of rotatable bonds is 7. The first kappa shape index (κ1) is 14.4. The van der Waals surface area contributed by atoms with Crippen molar-refractivity contribution in [3.8, 4) is 0 Å². The van der Waals surface area contributed by atoms with E-state index in [0.29, 0.717) is 18.0 Å². The molecule has 0 heterocycles. The van der Waals surface area contributed by atoms with Crippen LogP contribution in [0.4, 0.5) is 5.69 Å². The van der Waals surface area contributed by atoms with Gasteiger partial charge < -0.3 is 11.1 Å². The predicted molar refractivity (Wildman–Crippen MR) is 68.5 cm³/mol. The number of carbonyl (C=O) groups is 1. The van der Waals surface area contributed by atoms with Gasteiger partial charge in [-0.05, 0) is 24.9 Å². The normalized spacial score (nSPS) is 10.3. The van der Waals surface area contributed by atoms with Gasteiger partial charge in [0.25, 0.3) is 5.69 Å². The Labute approximate surface area is 109 Å². The lowest BCUT2D eigenvalue weighted by atomic mass is 10.1. The Morgan fingerprint density at radius 1 is 1.50 bits per heavy atom. The van der Waals surface area contributed by atoms with Gasteiger partial charge >= 0.3 is 0 Å². The van der Waals surface area contributed by atoms with Crippen LogP contribution in [-0.2, 0) is 11.2 Å². The Hall–Kier alpha value is -1.66. The lowest BCUT2D eigenvalue weighted by Gasteiger charge is -2.05. The smallest absolute Gasteiger partial charge is 0.270 e. The van der Waals surface area contributed by atoms with Crippen molar-refractivity contribution in [2.75, 3.05) is 13.1 Å². The summed E-state index contributed by atoms with van der Waals surface area (Å²) in [6, 6.07) is 4.42. The van der Waals surface area contributed by atoms with E-state index in [1.165, 1.54) is 12.1 Å². The van der Waals surface area contributed by atoms with E-state index in [1.54, 1.807) is 6.07 Å². The third-order valence-corrected chi connectivity index (χ3v) is 2.70. The van der Waals surface area contributed by atoms with E-state index in [4.69, 9.17) is 17.3 Å². The number of nitrogens with zero attached hydrogens (tertiary/aromatic N) is 1. The third-order valence-electron chi connectivity index (χ3n) is 2.35. The molecule has 0 bridgehead atoms. The van der Waals surface area contributed by atoms with Crippen molar-refractivity contribution in [1.82, 2.24) is 5.32 Å². The lowest BCUT2D eigenvalue weighted by Crippen LogP contribution is -2.29. The second kappa shape index (κ2) is 6.93. The molecule has 0 unspecified atom stereocenters. The summed E-state index contributed by atoms with van der Waals surface area (Å²) in [6.07, 6.45) is 1.45. The molecule has 0 aliphatic heterocycles. The Morgan fingerprint density at radius 2 is 2.22 bits per heavy atom. The Balaban J connectivity index is 2.43. The molecule has 0 saturated heterocycles. The van der Waals surface area contributed by atoms with Crippen LogP contribution in [0.25, 0.3) is 0 Å². The summed E-state index contributed by atoms with van der Waals surface area (Å²) >= 11 is 5.94. The zero-order valence-corrected chi connectivity index (χ0v) is 10.4. The maximum Gasteiger partial charge on any atom is 0.270 e. The van der Waals surface area contributed by atoms with Gasteiger partial charge in [-0.15, -0.1) is 0 Å². The zero-order valence-electron chi connectivity index (χ0n) is 9.69. The van der Waals surface area contributed by atoms with Gasteiger partial charge in [-0.1, -0.05) is 17.7 Å². The highest BCUT2D eigenvalue weighted by atomic mass is 35.5. The number of primary amides is 1. The predicted octanol–water partition coefficient (Wildman–Crippen LogP) is 1.26. The number of carbonyl (C=O) groups excluding carboxylic acids is 1. The van der Waals surface area contributed by atoms with E-state index in [-0.39, 0.29) is 12.2 Å². The van der Waals surface area contributed by atoms with Gasteiger partial charge in [-0.3, -0.25) is 14.9 Å². The Bertz CT molecular complexity index is 451. The maximum absolute atomic E-state index is 10.5. The minimum Gasteiger partial charge on any atom is -0.369 e. The van der Waals surface area contributed by atoms with Gasteiger partial charge in [-0.25, -0.2) is 0 Å². The van der Waals surface area contributed by atoms with Crippen LogP contribution >= 0.6 is 11.6 Å². The standard InChI is InChI=1S/C11H14ClN3O3/c12-10-6-9(15(17)18)4-3-8(10)2-1-5-14-7-11(13)16/h3-4,6,14H,1-2,5,7H2,(H2,13,16). The monoisotopic (exact) mass is 271 g/mol. The average Bonchev–Trinajstić information content (AvgIpc) is 2.29. The minimum absolute atomic E-state index is 0.0180. The number of non-ortho nitro benzene ring substituents is 1. The number of hydrogen-bond donors (Lipinski definition) is 2. The molecule has 0 spiro atoms. The molecule has 18 heavy (non-hydrogen) atoms. The molecule has 1 aromatic rings. The molecule has 3 N–H and O–H groups in total. The summed E-state index contributed by atoms with van der Waals surface area (Å²) in [5.74, 6) is -0.400. The number of nitrogens with two attached hydrogens (primary N) is 1. The molecule has 0 radical (unpaired) electrons. The van der Waals surface area contributed by atoms with E-state index in [9.17, 15) is 14.9 Å². The number of hydrogen-bond acceptors (Lipinski definition) is 4. The molecule has 1 aromatic carbocycles. The fraction of sp³-hybridized carbons (Fsp3) is 0.364. The summed E-state index contributed by atoms with van der Waals surface area (Å²) in [4.78, 5) is 20.5. The molecule has 0 fully saturated rings. The minimum atomic E-state index is -0.482. The highest BCUT2D eigenvalue weighted by Crippen LogP contribution is 2.23. The van der Waals surface area contributed by atoms with Crippen LogP contribution in [0.5, 0.6) is 0 Å². The third kappa shape index (κ3) is 4.68. The molecule has 0 aliphatic rings. The van der Waals surface area contributed by atoms with E-state index in [1.807, 2.05) is 0 Å². The molecule has 0 aromatic heterocycles. The van der Waals surface area contributed by atoms with Gasteiger partial charge in [0.2, 0.25) is 5.91 Å². The van der Waals surface area contributed by atoms with Crippen molar-refractivity contribution in [3.05, 3.63) is 38.9 Å². The number of nitro groups is 1. The summed E-state index contributed by atoms with van der Waals surface area (Å²) in [6.45, 7) is 0.782. The first-order valence-corrected chi connectivity index (χ1v) is 5.80. The molecule has 98 valence electrons. The van der Waals surface area contributed by atoms with Crippen LogP contribution in [0.3, 0.4) is 0 Å². The van der Waals surface area contributed by atoms with Crippen molar-refractivity contribution in [1.29, 1.82) is 0 Å². The highest BCUT2D eigenvalue weighted by Gasteiger charge is 2.08. The number of nitrogens with one attached hydrogen (secondary N) is 1. The van der Waals surface area contributed by atoms with Crippen molar-refractivity contribution >= 4 is 23.2 Å². The van der Waals surface area contributed by atoms with Gasteiger partial charge in [-0.2, -0.15) is 0 Å². The second-order valence-electron chi connectivity index (χ2n) is 3.78. The largest absolute Gasteiger partial charge is 0.369 e. The van der Waals surface area contributed by atoms with Crippen LogP contribution in [0.2, 0.25) is 5.02 Å². The Kier molecular flexibility index (Phi) is 5.54. The van der Waals surface area contributed by atoms with Crippen LogP contribution in [0.1, 0.15) is 12.0 Å². The number of benzene rings is 1. The van der Waals surface area contributed by atoms with Gasteiger partial charge in [0.1, 0.15) is 0 Å². The first-order chi connectivity index (χ1) is 8.50. The van der Waals surface area contributed by atoms with E-state index < -0.39 is 10.8 Å². The SMILES string of the molecule is NC(=O)CNCCCc1ccc([N+](=O)[O-])cc1Cl. The summed E-state index contributed by atoms with van der Waals surface area (Å²) in [7, 11) is 0. The summed E-state index contributed by atoms with van der Waals surface area (Å²) in [5.41, 5.74) is 5.80. The van der Waals surface area contributed by atoms with E-state index >= 15 is 0 Å². The maximum atomic E-state index is 10.5. The number of aryl methyl sites for hydroxylation is 1. The molecule has 0 atom stereocenters.